The lowest BCUT2D eigenvalue weighted by atomic mass is 9.81. The Morgan fingerprint density at radius 3 is 2.53 bits per heavy atom. The van der Waals surface area contributed by atoms with Crippen LogP contribution in [0.3, 0.4) is 0 Å². The van der Waals surface area contributed by atoms with Crippen LogP contribution < -0.4 is 5.73 Å². The molecule has 1 atom stereocenters. The van der Waals surface area contributed by atoms with E-state index in [2.05, 4.69) is 15.0 Å². The molecule has 11 heteroatoms. The molecule has 1 aliphatic rings. The number of rotatable bonds is 3. The molecule has 1 unspecified atom stereocenters. The fourth-order valence-corrected chi connectivity index (χ4v) is 3.85. The number of benzene rings is 1. The van der Waals surface area contributed by atoms with Crippen molar-refractivity contribution in [1.29, 1.82) is 0 Å². The van der Waals surface area contributed by atoms with Gasteiger partial charge in [0.25, 0.3) is 5.91 Å². The van der Waals surface area contributed by atoms with E-state index in [0.29, 0.717) is 17.3 Å². The van der Waals surface area contributed by atoms with Gasteiger partial charge in [0.1, 0.15) is 11.5 Å². The second kappa shape index (κ2) is 6.87. The monoisotopic (exact) mass is 435 g/mol. The molecule has 0 radical (unpaired) electrons. The molecule has 154 valence electrons. The highest BCUT2D eigenvalue weighted by molar-refractivity contribution is 7.07. The van der Waals surface area contributed by atoms with Crippen LogP contribution in [-0.2, 0) is 16.5 Å². The summed E-state index contributed by atoms with van der Waals surface area (Å²) in [5.74, 6) is -1.85. The van der Waals surface area contributed by atoms with Crippen molar-refractivity contribution in [2.24, 2.45) is 10.7 Å². The lowest BCUT2D eigenvalue weighted by Gasteiger charge is -2.27. The van der Waals surface area contributed by atoms with Gasteiger partial charge in [0.05, 0.1) is 11.2 Å². The van der Waals surface area contributed by atoms with Crippen LogP contribution in [0.2, 0.25) is 0 Å². The number of thiazole rings is 1. The third-order valence-electron chi connectivity index (χ3n) is 4.79. The Balaban J connectivity index is 2.01. The van der Waals surface area contributed by atoms with Crippen molar-refractivity contribution in [2.75, 3.05) is 7.05 Å². The first-order valence-corrected chi connectivity index (χ1v) is 9.44. The largest absolute Gasteiger partial charge is 0.433 e. The summed E-state index contributed by atoms with van der Waals surface area (Å²) in [6, 6.07) is 5.81. The zero-order valence-corrected chi connectivity index (χ0v) is 16.1. The maximum absolute atomic E-state index is 15.0. The van der Waals surface area contributed by atoms with Gasteiger partial charge in [0, 0.05) is 29.8 Å². The lowest BCUT2D eigenvalue weighted by molar-refractivity contribution is -0.141. The van der Waals surface area contributed by atoms with Crippen molar-refractivity contribution in [2.45, 2.75) is 11.7 Å². The minimum Gasteiger partial charge on any atom is -0.369 e. The molecule has 2 N–H and O–H groups in total. The van der Waals surface area contributed by atoms with Gasteiger partial charge in [-0.05, 0) is 35.9 Å². The highest BCUT2D eigenvalue weighted by atomic mass is 32.1. The summed E-state index contributed by atoms with van der Waals surface area (Å²) in [6.07, 6.45) is -3.86. The number of aliphatic imine (C=N–C) groups is 1. The van der Waals surface area contributed by atoms with Crippen LogP contribution in [0.1, 0.15) is 16.8 Å². The molecule has 0 fully saturated rings. The molecule has 4 rings (SSSR count). The summed E-state index contributed by atoms with van der Waals surface area (Å²) in [6.45, 7) is 0. The highest BCUT2D eigenvalue weighted by Gasteiger charge is 2.52. The van der Waals surface area contributed by atoms with Crippen molar-refractivity contribution < 1.29 is 22.4 Å². The van der Waals surface area contributed by atoms with Gasteiger partial charge in [-0.15, -0.1) is 11.3 Å². The number of pyridine rings is 1. The van der Waals surface area contributed by atoms with E-state index in [1.807, 2.05) is 0 Å². The number of amides is 1. The molecule has 2 aromatic heterocycles. The standard InChI is InChI=1S/C19H13F4N5OS/c1-28-16(29)18(27-17(28)24,11-4-5-25-15(7-11)19(21,22)23)12-6-10(2-3-13(12)20)14-8-30-9-26-14/h2-9H,1H3,(H2,24,27). The van der Waals surface area contributed by atoms with Crippen LogP contribution in [0.5, 0.6) is 0 Å². The average molecular weight is 435 g/mol. The van der Waals surface area contributed by atoms with Crippen LogP contribution in [0.15, 0.2) is 52.4 Å². The summed E-state index contributed by atoms with van der Waals surface area (Å²) in [7, 11) is 1.32. The van der Waals surface area contributed by atoms with Crippen LogP contribution in [-0.4, -0.2) is 33.8 Å². The van der Waals surface area contributed by atoms with Gasteiger partial charge in [-0.3, -0.25) is 14.7 Å². The van der Waals surface area contributed by atoms with E-state index in [1.54, 1.807) is 10.9 Å². The molecule has 1 amide bonds. The van der Waals surface area contributed by atoms with Crippen LogP contribution in [0.4, 0.5) is 17.6 Å². The summed E-state index contributed by atoms with van der Waals surface area (Å²) < 4.78 is 54.8. The Labute approximate surface area is 171 Å². The molecule has 1 aliphatic heterocycles. The number of halogens is 4. The summed E-state index contributed by atoms with van der Waals surface area (Å²) in [5.41, 5.74) is 4.61. The van der Waals surface area contributed by atoms with Crippen molar-refractivity contribution >= 4 is 23.2 Å². The van der Waals surface area contributed by atoms with E-state index in [4.69, 9.17) is 5.73 Å². The first-order valence-electron chi connectivity index (χ1n) is 8.50. The fourth-order valence-electron chi connectivity index (χ4n) is 3.29. The van der Waals surface area contributed by atoms with E-state index in [-0.39, 0.29) is 17.1 Å². The number of carbonyl (C=O) groups is 1. The molecule has 0 saturated carbocycles. The lowest BCUT2D eigenvalue weighted by Crippen LogP contribution is -2.41. The molecule has 0 spiro atoms. The average Bonchev–Trinajstić information content (AvgIpc) is 3.32. The number of alkyl halides is 3. The predicted molar refractivity (Wildman–Crippen MR) is 102 cm³/mol. The van der Waals surface area contributed by atoms with Crippen molar-refractivity contribution in [1.82, 2.24) is 14.9 Å². The zero-order valence-electron chi connectivity index (χ0n) is 15.3. The predicted octanol–water partition coefficient (Wildman–Crippen LogP) is 3.39. The van der Waals surface area contributed by atoms with Crippen LogP contribution in [0, 0.1) is 5.82 Å². The molecular weight excluding hydrogens is 422 g/mol. The van der Waals surface area contributed by atoms with E-state index < -0.39 is 29.1 Å². The Morgan fingerprint density at radius 1 is 1.17 bits per heavy atom. The number of nitrogens with two attached hydrogens (primary N) is 1. The molecule has 0 bridgehead atoms. The van der Waals surface area contributed by atoms with Gasteiger partial charge >= 0.3 is 6.18 Å². The Bertz CT molecular complexity index is 1160. The molecular formula is C19H13F4N5OS. The number of likely N-dealkylation sites (N-methyl/N-ethyl adjacent to an activating group) is 1. The van der Waals surface area contributed by atoms with E-state index in [0.717, 1.165) is 17.2 Å². The first-order chi connectivity index (χ1) is 14.1. The van der Waals surface area contributed by atoms with Crippen molar-refractivity contribution in [3.8, 4) is 11.3 Å². The molecule has 0 aliphatic carbocycles. The maximum atomic E-state index is 15.0. The minimum absolute atomic E-state index is 0.198. The van der Waals surface area contributed by atoms with Crippen LogP contribution >= 0.6 is 11.3 Å². The van der Waals surface area contributed by atoms with E-state index >= 15 is 4.39 Å². The fraction of sp³-hybridized carbons (Fsp3) is 0.158. The molecule has 3 heterocycles. The molecule has 30 heavy (non-hydrogen) atoms. The second-order valence-corrected chi connectivity index (χ2v) is 7.26. The Kier molecular flexibility index (Phi) is 4.57. The summed E-state index contributed by atoms with van der Waals surface area (Å²) >= 11 is 1.32. The molecule has 0 saturated heterocycles. The quantitative estimate of drug-likeness (QED) is 0.640. The maximum Gasteiger partial charge on any atom is 0.433 e. The number of carbonyl (C=O) groups excluding carboxylic acids is 1. The Hall–Kier alpha value is -3.34. The van der Waals surface area contributed by atoms with Gasteiger partial charge in [-0.1, -0.05) is 0 Å². The summed E-state index contributed by atoms with van der Waals surface area (Å²) in [5, 5.41) is 1.72. The first kappa shape index (κ1) is 20.0. The highest BCUT2D eigenvalue weighted by Crippen LogP contribution is 2.43. The van der Waals surface area contributed by atoms with E-state index in [1.165, 1.54) is 36.6 Å². The van der Waals surface area contributed by atoms with Gasteiger partial charge in [0.2, 0.25) is 0 Å². The molecule has 6 nitrogen and oxygen atoms in total. The van der Waals surface area contributed by atoms with Gasteiger partial charge < -0.3 is 5.73 Å². The third-order valence-corrected chi connectivity index (χ3v) is 5.38. The van der Waals surface area contributed by atoms with Crippen molar-refractivity contribution in [3.63, 3.8) is 0 Å². The SMILES string of the molecule is CN1C(=O)C(c2ccnc(C(F)(F)F)c2)(c2cc(-c3cscn3)ccc2F)N=C1N. The Morgan fingerprint density at radius 2 is 1.93 bits per heavy atom. The molecule has 1 aromatic carbocycles. The number of aromatic nitrogens is 2. The number of nitrogens with zero attached hydrogens (tertiary/aromatic N) is 4. The number of hydrogen-bond donors (Lipinski definition) is 1. The molecule has 3 aromatic rings. The number of hydrogen-bond acceptors (Lipinski definition) is 6. The van der Waals surface area contributed by atoms with Gasteiger partial charge in [0.15, 0.2) is 11.5 Å². The second-order valence-electron chi connectivity index (χ2n) is 6.54. The topological polar surface area (TPSA) is 84.5 Å². The van der Waals surface area contributed by atoms with E-state index in [9.17, 15) is 18.0 Å². The van der Waals surface area contributed by atoms with Crippen molar-refractivity contribution in [3.05, 3.63) is 70.1 Å². The van der Waals surface area contributed by atoms with Crippen LogP contribution in [0.25, 0.3) is 11.3 Å². The zero-order chi connectivity index (χ0) is 21.7. The smallest absolute Gasteiger partial charge is 0.369 e. The minimum atomic E-state index is -4.76. The third kappa shape index (κ3) is 3.02. The normalized spacial score (nSPS) is 19.3. The number of guanidine groups is 1. The summed E-state index contributed by atoms with van der Waals surface area (Å²) in [4.78, 5) is 25.8. The van der Waals surface area contributed by atoms with Gasteiger partial charge in [-0.25, -0.2) is 14.4 Å². The van der Waals surface area contributed by atoms with Gasteiger partial charge in [-0.2, -0.15) is 13.2 Å².